The molecule has 2 saturated heterocycles. The van der Waals surface area contributed by atoms with E-state index < -0.39 is 12.2 Å². The number of hydrazine groups is 1. The second-order valence-electron chi connectivity index (χ2n) is 8.83. The fourth-order valence-corrected chi connectivity index (χ4v) is 4.70. The molecule has 0 bridgehead atoms. The number of terminal acetylenes is 1. The fourth-order valence-electron chi connectivity index (χ4n) is 4.70. The molecule has 2 aliphatic rings. The Balaban J connectivity index is 1.59. The molecule has 9 nitrogen and oxygen atoms in total. The zero-order chi connectivity index (χ0) is 25.5. The van der Waals surface area contributed by atoms with Gasteiger partial charge in [0.05, 0.1) is 19.7 Å². The predicted octanol–water partition coefficient (Wildman–Crippen LogP) is 1.32. The number of nitrogens with zero attached hydrogens (tertiary/aromatic N) is 4. The Kier molecular flexibility index (Phi) is 8.21. The molecule has 0 aliphatic carbocycles. The Hall–Kier alpha value is -3.87. The molecule has 2 aromatic carbocycles. The topological polar surface area (TPSA) is 85.4 Å². The van der Waals surface area contributed by atoms with Crippen LogP contribution in [0.5, 0.6) is 0 Å². The maximum absolute atomic E-state index is 13.6. The maximum Gasteiger partial charge on any atom is 0.334 e. The lowest BCUT2D eigenvalue weighted by atomic mass is 9.99. The van der Waals surface area contributed by atoms with Crippen LogP contribution in [0.3, 0.4) is 0 Å². The van der Waals surface area contributed by atoms with Gasteiger partial charge in [0.25, 0.3) is 0 Å². The highest BCUT2D eigenvalue weighted by molar-refractivity contribution is 5.91. The van der Waals surface area contributed by atoms with Crippen molar-refractivity contribution in [3.8, 4) is 12.3 Å². The quantitative estimate of drug-likeness (QED) is 0.447. The first kappa shape index (κ1) is 25.2. The summed E-state index contributed by atoms with van der Waals surface area (Å²) in [5.41, 5.74) is 1.90. The molecule has 2 aliphatic heterocycles. The van der Waals surface area contributed by atoms with Gasteiger partial charge in [-0.2, -0.15) is 0 Å². The van der Waals surface area contributed by atoms with Gasteiger partial charge in [-0.15, -0.1) is 6.42 Å². The van der Waals surface area contributed by atoms with Crippen LogP contribution in [0, 0.1) is 12.3 Å². The first-order valence-electron chi connectivity index (χ1n) is 12.0. The smallest absolute Gasteiger partial charge is 0.334 e. The van der Waals surface area contributed by atoms with Gasteiger partial charge in [0.15, 0.2) is 0 Å². The second kappa shape index (κ2) is 11.7. The number of urea groups is 1. The van der Waals surface area contributed by atoms with Crippen LogP contribution in [0.4, 0.5) is 4.79 Å². The molecule has 2 atom stereocenters. The molecule has 0 radical (unpaired) electrons. The van der Waals surface area contributed by atoms with Crippen LogP contribution in [0.15, 0.2) is 60.7 Å². The zero-order valence-electron chi connectivity index (χ0n) is 20.4. The van der Waals surface area contributed by atoms with Crippen molar-refractivity contribution in [3.05, 3.63) is 71.8 Å². The Labute approximate surface area is 211 Å². The molecule has 2 aromatic rings. The average Bonchev–Trinajstić information content (AvgIpc) is 2.88. The third-order valence-electron chi connectivity index (χ3n) is 6.40. The molecule has 188 valence electrons. The Bertz CT molecular complexity index is 1100. The Morgan fingerprint density at radius 3 is 2.42 bits per heavy atom. The van der Waals surface area contributed by atoms with E-state index in [1.165, 1.54) is 0 Å². The van der Waals surface area contributed by atoms with Gasteiger partial charge in [-0.3, -0.25) is 9.59 Å². The monoisotopic (exact) mass is 489 g/mol. The van der Waals surface area contributed by atoms with Crippen LogP contribution >= 0.6 is 0 Å². The van der Waals surface area contributed by atoms with Crippen LogP contribution in [0.25, 0.3) is 0 Å². The van der Waals surface area contributed by atoms with Crippen molar-refractivity contribution in [1.29, 1.82) is 0 Å². The van der Waals surface area contributed by atoms with Crippen LogP contribution < -0.4 is 5.32 Å². The molecule has 0 saturated carbocycles. The minimum absolute atomic E-state index is 0.000886. The summed E-state index contributed by atoms with van der Waals surface area (Å²) in [7, 11) is 1.71. The molecule has 9 heteroatoms. The molecule has 4 rings (SSSR count). The lowest BCUT2D eigenvalue weighted by Gasteiger charge is -2.54. The molecule has 2 fully saturated rings. The first-order chi connectivity index (χ1) is 17.5. The summed E-state index contributed by atoms with van der Waals surface area (Å²) in [5, 5.41) is 6.12. The van der Waals surface area contributed by atoms with E-state index in [1.807, 2.05) is 60.7 Å². The number of ether oxygens (including phenoxy) is 1. The lowest BCUT2D eigenvalue weighted by molar-refractivity contribution is -0.187. The number of piperazine rings is 1. The lowest BCUT2D eigenvalue weighted by Crippen LogP contribution is -2.76. The van der Waals surface area contributed by atoms with Gasteiger partial charge in [0.1, 0.15) is 18.8 Å². The number of likely N-dealkylation sites (N-methyl/N-ethyl adjacent to an activating group) is 1. The number of carbonyl (C=O) groups is 3. The van der Waals surface area contributed by atoms with E-state index in [2.05, 4.69) is 11.2 Å². The number of carbonyl (C=O) groups excluding carboxylic acids is 3. The highest BCUT2D eigenvalue weighted by Crippen LogP contribution is 2.27. The molecule has 1 N–H and O–H groups in total. The molecular formula is C27H31N5O4. The van der Waals surface area contributed by atoms with E-state index in [1.54, 1.807) is 26.9 Å². The maximum atomic E-state index is 13.6. The average molecular weight is 490 g/mol. The van der Waals surface area contributed by atoms with E-state index in [0.717, 1.165) is 11.1 Å². The third-order valence-corrected chi connectivity index (χ3v) is 6.40. The summed E-state index contributed by atoms with van der Waals surface area (Å²) in [6.07, 6.45) is 4.97. The number of fused-ring (bicyclic) bond motifs is 1. The molecule has 0 aromatic heterocycles. The van der Waals surface area contributed by atoms with E-state index in [0.29, 0.717) is 19.5 Å². The van der Waals surface area contributed by atoms with E-state index >= 15 is 0 Å². The molecular weight excluding hydrogens is 458 g/mol. The molecule has 4 amide bonds. The summed E-state index contributed by atoms with van der Waals surface area (Å²) in [4.78, 5) is 43.4. The van der Waals surface area contributed by atoms with Gasteiger partial charge < -0.3 is 19.9 Å². The first-order valence-corrected chi connectivity index (χ1v) is 12.0. The van der Waals surface area contributed by atoms with Crippen LogP contribution in [-0.2, 0) is 27.3 Å². The van der Waals surface area contributed by atoms with Crippen molar-refractivity contribution in [2.45, 2.75) is 25.2 Å². The summed E-state index contributed by atoms with van der Waals surface area (Å²) in [5.74, 6) is 2.07. The fraction of sp³-hybridized carbons (Fsp3) is 0.370. The minimum Gasteiger partial charge on any atom is -0.367 e. The normalized spacial score (nSPS) is 20.2. The zero-order valence-corrected chi connectivity index (χ0v) is 20.4. The molecule has 36 heavy (non-hydrogen) atoms. The van der Waals surface area contributed by atoms with Crippen molar-refractivity contribution < 1.29 is 19.1 Å². The third kappa shape index (κ3) is 5.67. The van der Waals surface area contributed by atoms with Crippen molar-refractivity contribution in [2.75, 3.05) is 39.9 Å². The Morgan fingerprint density at radius 1 is 1.08 bits per heavy atom. The predicted molar refractivity (Wildman–Crippen MR) is 134 cm³/mol. The standard InChI is InChI=1S/C27H31N5O4/c1-3-15-36-16-14-30-19-24-31(23(26(30)34)17-21-10-6-4-7-11-21)25(33)20-29(2)32(24)27(35)28-18-22-12-8-5-9-13-22/h1,4-13,23-24H,14-20H2,2H3,(H,28,35)/t23-,24?/m0/s1. The van der Waals surface area contributed by atoms with E-state index in [4.69, 9.17) is 11.2 Å². The van der Waals surface area contributed by atoms with E-state index in [9.17, 15) is 14.4 Å². The highest BCUT2D eigenvalue weighted by Gasteiger charge is 2.50. The van der Waals surface area contributed by atoms with Crippen molar-refractivity contribution >= 4 is 17.8 Å². The van der Waals surface area contributed by atoms with Gasteiger partial charge in [0.2, 0.25) is 11.8 Å². The number of benzene rings is 2. The number of nitrogens with one attached hydrogen (secondary N) is 1. The number of hydrogen-bond donors (Lipinski definition) is 1. The minimum atomic E-state index is -0.732. The largest absolute Gasteiger partial charge is 0.367 e. The number of amides is 4. The van der Waals surface area contributed by atoms with E-state index in [-0.39, 0.29) is 44.1 Å². The van der Waals surface area contributed by atoms with Gasteiger partial charge in [-0.1, -0.05) is 66.6 Å². The summed E-state index contributed by atoms with van der Waals surface area (Å²) >= 11 is 0. The van der Waals surface area contributed by atoms with Gasteiger partial charge in [-0.25, -0.2) is 14.8 Å². The van der Waals surface area contributed by atoms with Crippen LogP contribution in [-0.4, -0.2) is 89.8 Å². The number of rotatable bonds is 8. The summed E-state index contributed by atoms with van der Waals surface area (Å²) < 4.78 is 5.41. The summed E-state index contributed by atoms with van der Waals surface area (Å²) in [6, 6.07) is 18.1. The second-order valence-corrected chi connectivity index (χ2v) is 8.83. The van der Waals surface area contributed by atoms with Gasteiger partial charge in [-0.05, 0) is 11.1 Å². The Morgan fingerprint density at radius 2 is 1.75 bits per heavy atom. The van der Waals surface area contributed by atoms with Gasteiger partial charge in [0, 0.05) is 26.6 Å². The number of hydrogen-bond acceptors (Lipinski definition) is 5. The molecule has 0 spiro atoms. The molecule has 1 unspecified atom stereocenters. The van der Waals surface area contributed by atoms with Gasteiger partial charge >= 0.3 is 6.03 Å². The van der Waals surface area contributed by atoms with Crippen molar-refractivity contribution in [1.82, 2.24) is 25.1 Å². The van der Waals surface area contributed by atoms with Crippen LogP contribution in [0.1, 0.15) is 11.1 Å². The van der Waals surface area contributed by atoms with Crippen LogP contribution in [0.2, 0.25) is 0 Å². The van der Waals surface area contributed by atoms with Crippen molar-refractivity contribution in [2.24, 2.45) is 0 Å². The highest BCUT2D eigenvalue weighted by atomic mass is 16.5. The van der Waals surface area contributed by atoms with Crippen molar-refractivity contribution in [3.63, 3.8) is 0 Å². The summed E-state index contributed by atoms with van der Waals surface area (Å²) in [6.45, 7) is 1.26. The SMILES string of the molecule is C#CCOCCN1CC2N(C(=O)CN(C)N2C(=O)NCc2ccccc2)[C@@H](Cc2ccccc2)C1=O. The molecule has 2 heterocycles.